The molecule has 3 aromatic rings. The second-order valence-corrected chi connectivity index (χ2v) is 7.91. The largest absolute Gasteiger partial charge is 0.340 e. The van der Waals surface area contributed by atoms with Gasteiger partial charge >= 0.3 is 0 Å². The molecular weight excluding hydrogens is 372 g/mol. The molecule has 8 heteroatoms. The lowest BCUT2D eigenvalue weighted by atomic mass is 9.83. The van der Waals surface area contributed by atoms with E-state index in [1.165, 1.54) is 6.07 Å². The van der Waals surface area contributed by atoms with Crippen molar-refractivity contribution >= 4 is 22.5 Å². The second kappa shape index (κ2) is 6.58. The first-order valence-corrected chi connectivity index (χ1v) is 9.71. The molecule has 29 heavy (non-hydrogen) atoms. The second-order valence-electron chi connectivity index (χ2n) is 7.91. The van der Waals surface area contributed by atoms with Crippen molar-refractivity contribution in [3.05, 3.63) is 74.8 Å². The molecule has 8 nitrogen and oxygen atoms in total. The summed E-state index contributed by atoms with van der Waals surface area (Å²) in [6.07, 6.45) is 2.72. The van der Waals surface area contributed by atoms with Gasteiger partial charge in [0.1, 0.15) is 6.54 Å². The Bertz CT molecular complexity index is 1190. The Labute approximate surface area is 166 Å². The average Bonchev–Trinajstić information content (AvgIpc) is 3.11. The van der Waals surface area contributed by atoms with Crippen LogP contribution in [-0.4, -0.2) is 38.0 Å². The first-order chi connectivity index (χ1) is 14.0. The molecule has 0 radical (unpaired) electrons. The number of benzene rings is 1. The zero-order valence-electron chi connectivity index (χ0n) is 15.7. The summed E-state index contributed by atoms with van der Waals surface area (Å²) in [5.41, 5.74) is 1.76. The predicted molar refractivity (Wildman–Crippen MR) is 107 cm³/mol. The maximum absolute atomic E-state index is 13.0. The van der Waals surface area contributed by atoms with Gasteiger partial charge in [-0.25, -0.2) is 0 Å². The SMILES string of the molecule is O=C(Cn1ccc2c([N+](=O)[O-])cccc21)N1CC2CC(C1)c1cccc(=O)n1C2. The van der Waals surface area contributed by atoms with Crippen molar-refractivity contribution in [1.82, 2.24) is 14.0 Å². The monoisotopic (exact) mass is 392 g/mol. The molecule has 0 N–H and O–H groups in total. The fraction of sp³-hybridized carbons (Fsp3) is 0.333. The number of hydrogen-bond acceptors (Lipinski definition) is 4. The van der Waals surface area contributed by atoms with Gasteiger partial charge < -0.3 is 14.0 Å². The van der Waals surface area contributed by atoms with Crippen LogP contribution in [0.3, 0.4) is 0 Å². The van der Waals surface area contributed by atoms with Crippen LogP contribution >= 0.6 is 0 Å². The normalized spacial score (nSPS) is 20.5. The number of hydrogen-bond donors (Lipinski definition) is 0. The summed E-state index contributed by atoms with van der Waals surface area (Å²) in [5, 5.41) is 11.8. The van der Waals surface area contributed by atoms with Crippen molar-refractivity contribution < 1.29 is 9.72 Å². The lowest BCUT2D eigenvalue weighted by Gasteiger charge is -2.42. The third-order valence-corrected chi connectivity index (χ3v) is 6.13. The molecule has 1 aromatic carbocycles. The summed E-state index contributed by atoms with van der Waals surface area (Å²) < 4.78 is 3.62. The molecular formula is C21H20N4O4. The van der Waals surface area contributed by atoms with Gasteiger partial charge in [-0.1, -0.05) is 12.1 Å². The Kier molecular flexibility index (Phi) is 4.01. The molecule has 148 valence electrons. The minimum absolute atomic E-state index is 0.00423. The van der Waals surface area contributed by atoms with Crippen molar-refractivity contribution in [3.63, 3.8) is 0 Å². The van der Waals surface area contributed by atoms with Crippen molar-refractivity contribution in [2.45, 2.75) is 25.4 Å². The summed E-state index contributed by atoms with van der Waals surface area (Å²) >= 11 is 0. The molecule has 2 aromatic heterocycles. The highest BCUT2D eigenvalue weighted by Crippen LogP contribution is 2.35. The number of amides is 1. The zero-order valence-corrected chi connectivity index (χ0v) is 15.7. The zero-order chi connectivity index (χ0) is 20.1. The summed E-state index contributed by atoms with van der Waals surface area (Å²) in [6.45, 7) is 2.02. The van der Waals surface area contributed by atoms with E-state index in [1.54, 1.807) is 41.1 Å². The first kappa shape index (κ1) is 17.7. The number of likely N-dealkylation sites (tertiary alicyclic amines) is 1. The predicted octanol–water partition coefficient (Wildman–Crippen LogP) is 2.36. The number of pyridine rings is 1. The maximum Gasteiger partial charge on any atom is 0.278 e. The van der Waals surface area contributed by atoms with Crippen LogP contribution in [0.1, 0.15) is 18.0 Å². The molecule has 5 rings (SSSR count). The van der Waals surface area contributed by atoms with Crippen molar-refractivity contribution in [1.29, 1.82) is 0 Å². The van der Waals surface area contributed by atoms with Crippen LogP contribution in [0, 0.1) is 16.0 Å². The first-order valence-electron chi connectivity index (χ1n) is 9.71. The van der Waals surface area contributed by atoms with E-state index in [0.717, 1.165) is 12.1 Å². The number of rotatable bonds is 3. The molecule has 4 heterocycles. The number of nitrogens with zero attached hydrogens (tertiary/aromatic N) is 4. The smallest absolute Gasteiger partial charge is 0.278 e. The van der Waals surface area contributed by atoms with Crippen LogP contribution in [0.25, 0.3) is 10.9 Å². The average molecular weight is 392 g/mol. The molecule has 2 unspecified atom stereocenters. The van der Waals surface area contributed by atoms with E-state index < -0.39 is 4.92 Å². The van der Waals surface area contributed by atoms with Gasteiger partial charge in [-0.15, -0.1) is 0 Å². The van der Waals surface area contributed by atoms with Crippen LogP contribution in [0.15, 0.2) is 53.5 Å². The molecule has 1 amide bonds. The number of carbonyl (C=O) groups excluding carboxylic acids is 1. The van der Waals surface area contributed by atoms with Crippen LogP contribution in [0.4, 0.5) is 5.69 Å². The number of piperidine rings is 1. The van der Waals surface area contributed by atoms with Crippen LogP contribution < -0.4 is 5.56 Å². The van der Waals surface area contributed by atoms with Gasteiger partial charge in [0.15, 0.2) is 0 Å². The van der Waals surface area contributed by atoms with Gasteiger partial charge in [-0.3, -0.25) is 19.7 Å². The Morgan fingerprint density at radius 2 is 1.93 bits per heavy atom. The van der Waals surface area contributed by atoms with Crippen molar-refractivity contribution in [2.75, 3.05) is 13.1 Å². The van der Waals surface area contributed by atoms with E-state index >= 15 is 0 Å². The maximum atomic E-state index is 13.0. The minimum atomic E-state index is -0.403. The van der Waals surface area contributed by atoms with Crippen LogP contribution in [0.2, 0.25) is 0 Å². The van der Waals surface area contributed by atoms with Crippen LogP contribution in [-0.2, 0) is 17.9 Å². The number of carbonyl (C=O) groups is 1. The van der Waals surface area contributed by atoms with Gasteiger partial charge in [-0.2, -0.15) is 0 Å². The highest BCUT2D eigenvalue weighted by molar-refractivity contribution is 5.90. The Morgan fingerprint density at radius 1 is 1.10 bits per heavy atom. The fourth-order valence-corrected chi connectivity index (χ4v) is 4.85. The lowest BCUT2D eigenvalue weighted by Crippen LogP contribution is -2.49. The fourth-order valence-electron chi connectivity index (χ4n) is 4.85. The van der Waals surface area contributed by atoms with E-state index in [4.69, 9.17) is 0 Å². The molecule has 2 aliphatic heterocycles. The summed E-state index contributed by atoms with van der Waals surface area (Å²) in [4.78, 5) is 37.9. The third-order valence-electron chi connectivity index (χ3n) is 6.13. The molecule has 1 saturated heterocycles. The summed E-state index contributed by atoms with van der Waals surface area (Å²) in [5.74, 6) is 0.436. The number of nitro groups is 1. The van der Waals surface area contributed by atoms with E-state index in [9.17, 15) is 19.7 Å². The van der Waals surface area contributed by atoms with Gasteiger partial charge in [0, 0.05) is 49.6 Å². The van der Waals surface area contributed by atoms with E-state index in [2.05, 4.69) is 0 Å². The standard InChI is InChI=1S/C21H20N4O4/c26-20-6-2-3-17-15-9-14(11-24(17)20)10-23(12-15)21(27)13-22-8-7-16-18(22)4-1-5-19(16)25(28)29/h1-8,14-15H,9-13H2. The molecule has 2 atom stereocenters. The quantitative estimate of drug-likeness (QED) is 0.505. The Morgan fingerprint density at radius 3 is 2.76 bits per heavy atom. The number of non-ortho nitro benzene ring substituents is 1. The van der Waals surface area contributed by atoms with Crippen molar-refractivity contribution in [2.24, 2.45) is 5.92 Å². The van der Waals surface area contributed by atoms with Gasteiger partial charge in [-0.05, 0) is 30.5 Å². The molecule has 2 bridgehead atoms. The number of fused-ring (bicyclic) bond motifs is 5. The molecule has 1 fully saturated rings. The Hall–Kier alpha value is -3.42. The highest BCUT2D eigenvalue weighted by atomic mass is 16.6. The topological polar surface area (TPSA) is 90.4 Å². The summed E-state index contributed by atoms with van der Waals surface area (Å²) in [6, 6.07) is 11.9. The van der Waals surface area contributed by atoms with E-state index in [-0.39, 0.29) is 35.5 Å². The van der Waals surface area contributed by atoms with Gasteiger partial charge in [0.25, 0.3) is 11.2 Å². The van der Waals surface area contributed by atoms with Gasteiger partial charge in [0.05, 0.1) is 15.8 Å². The third kappa shape index (κ3) is 2.91. The molecule has 0 saturated carbocycles. The molecule has 0 aliphatic carbocycles. The Balaban J connectivity index is 1.39. The van der Waals surface area contributed by atoms with Crippen molar-refractivity contribution in [3.8, 4) is 0 Å². The number of aromatic nitrogens is 2. The summed E-state index contributed by atoms with van der Waals surface area (Å²) in [7, 11) is 0. The molecule has 0 spiro atoms. The van der Waals surface area contributed by atoms with E-state index in [0.29, 0.717) is 30.5 Å². The highest BCUT2D eigenvalue weighted by Gasteiger charge is 2.36. The minimum Gasteiger partial charge on any atom is -0.340 e. The lowest BCUT2D eigenvalue weighted by molar-refractivity contribution is -0.383. The molecule has 2 aliphatic rings. The van der Waals surface area contributed by atoms with E-state index in [1.807, 2.05) is 15.5 Å². The van der Waals surface area contributed by atoms with Crippen LogP contribution in [0.5, 0.6) is 0 Å². The number of nitro benzene ring substituents is 1. The van der Waals surface area contributed by atoms with Gasteiger partial charge in [0.2, 0.25) is 5.91 Å².